The number of hydrogen-bond donors (Lipinski definition) is 0. The molecule has 0 radical (unpaired) electrons. The van der Waals surface area contributed by atoms with Crippen molar-refractivity contribution >= 4 is 10.0 Å². The van der Waals surface area contributed by atoms with Crippen molar-refractivity contribution in [3.8, 4) is 6.07 Å². The summed E-state index contributed by atoms with van der Waals surface area (Å²) >= 11 is 0. The first kappa shape index (κ1) is 12.4. The summed E-state index contributed by atoms with van der Waals surface area (Å²) in [5.41, 5.74) is 0. The summed E-state index contributed by atoms with van der Waals surface area (Å²) in [6.45, 7) is 2.08. The van der Waals surface area contributed by atoms with E-state index in [0.717, 1.165) is 4.31 Å². The topological polar surface area (TPSA) is 70.4 Å². The van der Waals surface area contributed by atoms with Gasteiger partial charge in [0.2, 0.25) is 10.0 Å². The summed E-state index contributed by atoms with van der Waals surface area (Å²) in [4.78, 5) is 0. The number of sulfonamides is 1. The number of nitriles is 1. The van der Waals surface area contributed by atoms with Crippen molar-refractivity contribution in [2.45, 2.75) is 6.92 Å². The third-order valence-electron chi connectivity index (χ3n) is 1.54. The fourth-order valence-electron chi connectivity index (χ4n) is 0.803. The van der Waals surface area contributed by atoms with Crippen LogP contribution in [0.1, 0.15) is 6.92 Å². The van der Waals surface area contributed by atoms with Crippen LogP contribution in [0.3, 0.4) is 0 Å². The van der Waals surface area contributed by atoms with Gasteiger partial charge < -0.3 is 4.74 Å². The number of rotatable bonds is 6. The lowest BCUT2D eigenvalue weighted by Crippen LogP contribution is -2.34. The van der Waals surface area contributed by atoms with Gasteiger partial charge in [0.25, 0.3) is 0 Å². The molecule has 0 bridgehead atoms. The molecule has 0 rings (SSSR count). The lowest BCUT2D eigenvalue weighted by Gasteiger charge is -2.16. The molecule has 6 heteroatoms. The van der Waals surface area contributed by atoms with Crippen LogP contribution in [0.2, 0.25) is 0 Å². The summed E-state index contributed by atoms with van der Waals surface area (Å²) in [7, 11) is -1.87. The van der Waals surface area contributed by atoms with E-state index in [9.17, 15) is 8.42 Å². The summed E-state index contributed by atoms with van der Waals surface area (Å²) in [6, 6.07) is 1.81. The van der Waals surface area contributed by atoms with E-state index in [4.69, 9.17) is 5.26 Å². The van der Waals surface area contributed by atoms with Crippen LogP contribution in [-0.4, -0.2) is 45.3 Å². The second kappa shape index (κ2) is 5.91. The van der Waals surface area contributed by atoms with E-state index >= 15 is 0 Å². The second-order valence-electron chi connectivity index (χ2n) is 2.39. The van der Waals surface area contributed by atoms with Crippen LogP contribution in [0, 0.1) is 11.3 Å². The van der Waals surface area contributed by atoms with Gasteiger partial charge in [-0.05, 0) is 0 Å². The van der Waals surface area contributed by atoms with Crippen LogP contribution in [0.25, 0.3) is 0 Å². The highest BCUT2D eigenvalue weighted by Gasteiger charge is 2.19. The van der Waals surface area contributed by atoms with Crippen LogP contribution in [0.4, 0.5) is 0 Å². The maximum absolute atomic E-state index is 11.4. The van der Waals surface area contributed by atoms with Crippen molar-refractivity contribution in [1.29, 1.82) is 5.26 Å². The Morgan fingerprint density at radius 3 is 2.54 bits per heavy atom. The maximum atomic E-state index is 11.4. The van der Waals surface area contributed by atoms with Crippen LogP contribution in [0.15, 0.2) is 0 Å². The van der Waals surface area contributed by atoms with Crippen LogP contribution >= 0.6 is 0 Å². The Balaban J connectivity index is 4.32. The Kier molecular flexibility index (Phi) is 5.62. The Morgan fingerprint density at radius 2 is 2.15 bits per heavy atom. The second-order valence-corrected chi connectivity index (χ2v) is 4.48. The molecule has 0 saturated heterocycles. The van der Waals surface area contributed by atoms with E-state index in [1.54, 1.807) is 6.92 Å². The van der Waals surface area contributed by atoms with Gasteiger partial charge in [-0.3, -0.25) is 0 Å². The zero-order chi connectivity index (χ0) is 10.3. The third-order valence-corrected chi connectivity index (χ3v) is 3.40. The predicted octanol–water partition coefficient (Wildman–Crippen LogP) is -0.192. The highest BCUT2D eigenvalue weighted by molar-refractivity contribution is 7.89. The Morgan fingerprint density at radius 1 is 1.54 bits per heavy atom. The lowest BCUT2D eigenvalue weighted by molar-refractivity contribution is 0.215. The van der Waals surface area contributed by atoms with Gasteiger partial charge in [0.1, 0.15) is 6.54 Å². The Labute approximate surface area is 79.0 Å². The van der Waals surface area contributed by atoms with Gasteiger partial charge in [0, 0.05) is 13.7 Å². The highest BCUT2D eigenvalue weighted by Crippen LogP contribution is 1.99. The van der Waals surface area contributed by atoms with Gasteiger partial charge in [-0.25, -0.2) is 8.42 Å². The van der Waals surface area contributed by atoms with E-state index in [2.05, 4.69) is 4.74 Å². The molecule has 0 spiro atoms. The fourth-order valence-corrected chi connectivity index (χ4v) is 2.09. The first-order valence-electron chi connectivity index (χ1n) is 3.92. The highest BCUT2D eigenvalue weighted by atomic mass is 32.2. The van der Waals surface area contributed by atoms with E-state index < -0.39 is 10.0 Å². The first-order chi connectivity index (χ1) is 6.08. The molecule has 0 amide bonds. The number of methoxy groups -OCH3 is 1. The minimum Gasteiger partial charge on any atom is -0.384 e. The third kappa shape index (κ3) is 4.22. The average molecular weight is 206 g/mol. The normalized spacial score (nSPS) is 11.5. The fraction of sp³-hybridized carbons (Fsp3) is 0.857. The van der Waals surface area contributed by atoms with E-state index in [1.165, 1.54) is 7.11 Å². The van der Waals surface area contributed by atoms with Crippen molar-refractivity contribution < 1.29 is 13.2 Å². The van der Waals surface area contributed by atoms with E-state index in [-0.39, 0.29) is 18.9 Å². The maximum Gasteiger partial charge on any atom is 0.217 e. The monoisotopic (exact) mass is 206 g/mol. The quantitative estimate of drug-likeness (QED) is 0.565. The molecule has 0 aromatic heterocycles. The van der Waals surface area contributed by atoms with Gasteiger partial charge in [-0.2, -0.15) is 9.57 Å². The Bertz CT molecular complexity index is 268. The van der Waals surface area contributed by atoms with Crippen molar-refractivity contribution in [1.82, 2.24) is 4.31 Å². The average Bonchev–Trinajstić information content (AvgIpc) is 2.10. The lowest BCUT2D eigenvalue weighted by atomic mass is 10.6. The zero-order valence-electron chi connectivity index (χ0n) is 7.86. The molecule has 0 aliphatic heterocycles. The van der Waals surface area contributed by atoms with Gasteiger partial charge in [0.05, 0.1) is 18.4 Å². The summed E-state index contributed by atoms with van der Waals surface area (Å²) in [5, 5.41) is 8.37. The standard InChI is InChI=1S/C7H14N2O3S/c1-3-9(5-4-8)13(10,11)7-6-12-2/h3,5-7H2,1-2H3. The molecule has 0 aliphatic rings. The molecule has 0 saturated carbocycles. The van der Waals surface area contributed by atoms with Gasteiger partial charge in [-0.15, -0.1) is 0 Å². The number of nitrogens with zero attached hydrogens (tertiary/aromatic N) is 2. The SMILES string of the molecule is CCN(CC#N)S(=O)(=O)CCOC. The number of hydrogen-bond acceptors (Lipinski definition) is 4. The van der Waals surface area contributed by atoms with Crippen molar-refractivity contribution in [3.63, 3.8) is 0 Å². The minimum absolute atomic E-state index is 0.0704. The first-order valence-corrected chi connectivity index (χ1v) is 5.53. The predicted molar refractivity (Wildman–Crippen MR) is 48.5 cm³/mol. The molecule has 13 heavy (non-hydrogen) atoms. The van der Waals surface area contributed by atoms with E-state index in [0.29, 0.717) is 6.54 Å². The van der Waals surface area contributed by atoms with Crippen LogP contribution < -0.4 is 0 Å². The summed E-state index contributed by atoms with van der Waals surface area (Å²) < 4.78 is 28.6. The molecule has 0 aromatic carbocycles. The zero-order valence-corrected chi connectivity index (χ0v) is 8.67. The van der Waals surface area contributed by atoms with Gasteiger partial charge in [0.15, 0.2) is 0 Å². The largest absolute Gasteiger partial charge is 0.384 e. The van der Waals surface area contributed by atoms with Crippen molar-refractivity contribution in [2.24, 2.45) is 0 Å². The van der Waals surface area contributed by atoms with Gasteiger partial charge in [-0.1, -0.05) is 6.92 Å². The Hall–Kier alpha value is -0.640. The van der Waals surface area contributed by atoms with Crippen molar-refractivity contribution in [3.05, 3.63) is 0 Å². The molecule has 0 unspecified atom stereocenters. The van der Waals surface area contributed by atoms with Crippen LogP contribution in [-0.2, 0) is 14.8 Å². The molecule has 0 atom stereocenters. The van der Waals surface area contributed by atoms with E-state index in [1.807, 2.05) is 6.07 Å². The molecule has 0 aliphatic carbocycles. The molecule has 0 fully saturated rings. The van der Waals surface area contributed by atoms with Crippen LogP contribution in [0.5, 0.6) is 0 Å². The molecule has 76 valence electrons. The summed E-state index contributed by atoms with van der Waals surface area (Å²) in [6.07, 6.45) is 0. The number of ether oxygens (including phenoxy) is 1. The molecule has 5 nitrogen and oxygen atoms in total. The summed E-state index contributed by atoms with van der Waals surface area (Å²) in [5.74, 6) is -0.0704. The minimum atomic E-state index is -3.31. The molecule has 0 heterocycles. The van der Waals surface area contributed by atoms with Gasteiger partial charge >= 0.3 is 0 Å². The molecule has 0 N–H and O–H groups in total. The molecular weight excluding hydrogens is 192 g/mol. The smallest absolute Gasteiger partial charge is 0.217 e. The molecular formula is C7H14N2O3S. The van der Waals surface area contributed by atoms with Crippen molar-refractivity contribution in [2.75, 3.05) is 32.6 Å². The molecule has 0 aromatic rings.